The molecule has 0 aromatic carbocycles. The highest BCUT2D eigenvalue weighted by molar-refractivity contribution is 5.93. The molecule has 1 saturated carbocycles. The highest BCUT2D eigenvalue weighted by atomic mass is 16.1. The standard InChI is InChI=1S/C12H14O/c1-7-8-5-6-9(7)12-10(8)3-2-4-11(12)13/h2,4-10,12H,3H2,1H3/t7?,8-,9+,10-,12+/m0/s1. The molecule has 0 aromatic heterocycles. The molecule has 0 N–H and O–H groups in total. The first-order valence-electron chi connectivity index (χ1n) is 5.18. The van der Waals surface area contributed by atoms with Crippen LogP contribution in [0.5, 0.6) is 0 Å². The van der Waals surface area contributed by atoms with Crippen molar-refractivity contribution in [1.29, 1.82) is 0 Å². The Labute approximate surface area is 78.5 Å². The van der Waals surface area contributed by atoms with E-state index in [1.807, 2.05) is 0 Å². The molecule has 68 valence electrons. The van der Waals surface area contributed by atoms with Crippen molar-refractivity contribution in [1.82, 2.24) is 0 Å². The quantitative estimate of drug-likeness (QED) is 0.514. The Morgan fingerprint density at radius 1 is 1.31 bits per heavy atom. The van der Waals surface area contributed by atoms with Crippen LogP contribution in [0.4, 0.5) is 0 Å². The van der Waals surface area contributed by atoms with Gasteiger partial charge in [-0.3, -0.25) is 4.79 Å². The minimum absolute atomic E-state index is 0.329. The molecule has 2 bridgehead atoms. The second kappa shape index (κ2) is 2.34. The molecule has 0 amide bonds. The average Bonchev–Trinajstić information content (AvgIpc) is 2.61. The Morgan fingerprint density at radius 2 is 2.08 bits per heavy atom. The van der Waals surface area contributed by atoms with Gasteiger partial charge < -0.3 is 0 Å². The van der Waals surface area contributed by atoms with Crippen LogP contribution in [0, 0.1) is 29.6 Å². The van der Waals surface area contributed by atoms with E-state index in [-0.39, 0.29) is 0 Å². The van der Waals surface area contributed by atoms with Gasteiger partial charge in [0.05, 0.1) is 0 Å². The Morgan fingerprint density at radius 3 is 2.85 bits per heavy atom. The van der Waals surface area contributed by atoms with E-state index in [1.165, 1.54) is 0 Å². The monoisotopic (exact) mass is 174 g/mol. The van der Waals surface area contributed by atoms with Gasteiger partial charge in [-0.05, 0) is 36.2 Å². The zero-order valence-electron chi connectivity index (χ0n) is 7.81. The molecule has 1 fully saturated rings. The maximum absolute atomic E-state index is 11.7. The van der Waals surface area contributed by atoms with E-state index >= 15 is 0 Å². The first-order chi connectivity index (χ1) is 6.29. The van der Waals surface area contributed by atoms with Crippen molar-refractivity contribution < 1.29 is 4.79 Å². The van der Waals surface area contributed by atoms with Gasteiger partial charge in [-0.15, -0.1) is 0 Å². The van der Waals surface area contributed by atoms with Crippen molar-refractivity contribution >= 4 is 5.78 Å². The Balaban J connectivity index is 2.04. The lowest BCUT2D eigenvalue weighted by molar-refractivity contribution is -0.120. The maximum atomic E-state index is 11.7. The third-order valence-electron chi connectivity index (χ3n) is 4.16. The van der Waals surface area contributed by atoms with Crippen LogP contribution in [-0.2, 0) is 4.79 Å². The molecule has 3 rings (SSSR count). The zero-order chi connectivity index (χ0) is 9.00. The highest BCUT2D eigenvalue weighted by Gasteiger charge is 2.51. The van der Waals surface area contributed by atoms with Gasteiger partial charge in [-0.25, -0.2) is 0 Å². The predicted octanol–water partition coefficient (Wildman–Crippen LogP) is 2.20. The van der Waals surface area contributed by atoms with Gasteiger partial charge >= 0.3 is 0 Å². The normalized spacial score (nSPS) is 51.5. The molecular weight excluding hydrogens is 160 g/mol. The molecule has 0 heterocycles. The summed E-state index contributed by atoms with van der Waals surface area (Å²) in [6, 6.07) is 0. The largest absolute Gasteiger partial charge is 0.295 e. The Bertz CT molecular complexity index is 313. The molecule has 0 spiro atoms. The number of allylic oxidation sites excluding steroid dienone is 4. The van der Waals surface area contributed by atoms with Gasteiger partial charge in [0.15, 0.2) is 5.78 Å². The summed E-state index contributed by atoms with van der Waals surface area (Å²) in [5, 5.41) is 0. The van der Waals surface area contributed by atoms with E-state index in [0.717, 1.165) is 6.42 Å². The van der Waals surface area contributed by atoms with Gasteiger partial charge in [0, 0.05) is 5.92 Å². The predicted molar refractivity (Wildman–Crippen MR) is 51.0 cm³/mol. The van der Waals surface area contributed by atoms with E-state index in [4.69, 9.17) is 0 Å². The summed E-state index contributed by atoms with van der Waals surface area (Å²) in [7, 11) is 0. The Kier molecular flexibility index (Phi) is 1.36. The van der Waals surface area contributed by atoms with E-state index in [1.54, 1.807) is 6.08 Å². The van der Waals surface area contributed by atoms with Crippen molar-refractivity contribution in [2.75, 3.05) is 0 Å². The van der Waals surface area contributed by atoms with E-state index < -0.39 is 0 Å². The molecule has 1 nitrogen and oxygen atoms in total. The summed E-state index contributed by atoms with van der Waals surface area (Å²) >= 11 is 0. The zero-order valence-corrected chi connectivity index (χ0v) is 7.81. The lowest BCUT2D eigenvalue weighted by atomic mass is 9.76. The second-order valence-corrected chi connectivity index (χ2v) is 4.63. The number of carbonyl (C=O) groups is 1. The lowest BCUT2D eigenvalue weighted by Crippen LogP contribution is -2.28. The first kappa shape index (κ1) is 7.54. The fourth-order valence-corrected chi connectivity index (χ4v) is 3.52. The van der Waals surface area contributed by atoms with Crippen LogP contribution >= 0.6 is 0 Å². The molecule has 5 atom stereocenters. The fraction of sp³-hybridized carbons (Fsp3) is 0.583. The molecule has 13 heavy (non-hydrogen) atoms. The third kappa shape index (κ3) is 0.800. The third-order valence-corrected chi connectivity index (χ3v) is 4.16. The van der Waals surface area contributed by atoms with Gasteiger partial charge in [-0.1, -0.05) is 25.2 Å². The molecule has 1 unspecified atom stereocenters. The molecule has 0 saturated heterocycles. The number of rotatable bonds is 0. The number of fused-ring (bicyclic) bond motifs is 5. The van der Waals surface area contributed by atoms with Crippen molar-refractivity contribution in [2.45, 2.75) is 13.3 Å². The van der Waals surface area contributed by atoms with Crippen LogP contribution < -0.4 is 0 Å². The summed E-state index contributed by atoms with van der Waals surface area (Å²) in [6.07, 6.45) is 9.58. The van der Waals surface area contributed by atoms with Gasteiger partial charge in [-0.2, -0.15) is 0 Å². The molecule has 1 heteroatoms. The highest BCUT2D eigenvalue weighted by Crippen LogP contribution is 2.54. The van der Waals surface area contributed by atoms with Gasteiger partial charge in [0.2, 0.25) is 0 Å². The number of hydrogen-bond donors (Lipinski definition) is 0. The fourth-order valence-electron chi connectivity index (χ4n) is 3.52. The van der Waals surface area contributed by atoms with Crippen LogP contribution in [0.2, 0.25) is 0 Å². The van der Waals surface area contributed by atoms with Crippen LogP contribution in [0.15, 0.2) is 24.3 Å². The number of carbonyl (C=O) groups excluding carboxylic acids is 1. The molecular formula is C12H14O. The van der Waals surface area contributed by atoms with Crippen LogP contribution in [-0.4, -0.2) is 5.78 Å². The lowest BCUT2D eigenvalue weighted by Gasteiger charge is -2.27. The van der Waals surface area contributed by atoms with Crippen molar-refractivity contribution in [2.24, 2.45) is 29.6 Å². The minimum atomic E-state index is 0.329. The smallest absolute Gasteiger partial charge is 0.159 e. The topological polar surface area (TPSA) is 17.1 Å². The Hall–Kier alpha value is -0.850. The van der Waals surface area contributed by atoms with Crippen molar-refractivity contribution in [3.05, 3.63) is 24.3 Å². The SMILES string of the molecule is CC1[C@H]2C=C[C@@H]1[C@@H]1CC=CC(=O)[C@@H]12. The molecule has 0 aromatic rings. The van der Waals surface area contributed by atoms with Crippen LogP contribution in [0.3, 0.4) is 0 Å². The summed E-state index contributed by atoms with van der Waals surface area (Å²) in [4.78, 5) is 11.7. The summed E-state index contributed by atoms with van der Waals surface area (Å²) in [5.41, 5.74) is 0. The first-order valence-corrected chi connectivity index (χ1v) is 5.18. The molecule has 0 radical (unpaired) electrons. The molecule has 3 aliphatic carbocycles. The minimum Gasteiger partial charge on any atom is -0.295 e. The van der Waals surface area contributed by atoms with Crippen molar-refractivity contribution in [3.63, 3.8) is 0 Å². The van der Waals surface area contributed by atoms with E-state index in [0.29, 0.717) is 35.4 Å². The van der Waals surface area contributed by atoms with Gasteiger partial charge in [0.25, 0.3) is 0 Å². The van der Waals surface area contributed by atoms with E-state index in [9.17, 15) is 4.79 Å². The van der Waals surface area contributed by atoms with Crippen LogP contribution in [0.25, 0.3) is 0 Å². The van der Waals surface area contributed by atoms with Gasteiger partial charge in [0.1, 0.15) is 0 Å². The maximum Gasteiger partial charge on any atom is 0.159 e. The number of hydrogen-bond acceptors (Lipinski definition) is 1. The molecule has 3 aliphatic rings. The summed E-state index contributed by atoms with van der Waals surface area (Å²) in [5.74, 6) is 3.27. The number of ketones is 1. The van der Waals surface area contributed by atoms with E-state index in [2.05, 4.69) is 25.2 Å². The van der Waals surface area contributed by atoms with Crippen LogP contribution in [0.1, 0.15) is 13.3 Å². The molecule has 0 aliphatic heterocycles. The summed E-state index contributed by atoms with van der Waals surface area (Å²) < 4.78 is 0. The average molecular weight is 174 g/mol. The summed E-state index contributed by atoms with van der Waals surface area (Å²) in [6.45, 7) is 2.29. The van der Waals surface area contributed by atoms with Crippen molar-refractivity contribution in [3.8, 4) is 0 Å². The second-order valence-electron chi connectivity index (χ2n) is 4.63.